The molecule has 1 saturated heterocycles. The Balaban J connectivity index is 2.07. The summed E-state index contributed by atoms with van der Waals surface area (Å²) < 4.78 is 0. The predicted octanol–water partition coefficient (Wildman–Crippen LogP) is 3.07. The van der Waals surface area contributed by atoms with Crippen LogP contribution in [0.3, 0.4) is 0 Å². The van der Waals surface area contributed by atoms with Gasteiger partial charge in [0, 0.05) is 31.6 Å². The van der Waals surface area contributed by atoms with Crippen LogP contribution in [0.5, 0.6) is 0 Å². The summed E-state index contributed by atoms with van der Waals surface area (Å²) in [6.07, 6.45) is 7.35. The van der Waals surface area contributed by atoms with Gasteiger partial charge in [0.05, 0.1) is 0 Å². The van der Waals surface area contributed by atoms with Crippen molar-refractivity contribution in [2.24, 2.45) is 5.92 Å². The van der Waals surface area contributed by atoms with Crippen molar-refractivity contribution in [2.45, 2.75) is 38.8 Å². The normalized spacial score (nSPS) is 23.7. The molecule has 2 heteroatoms. The first-order valence-electron chi connectivity index (χ1n) is 7.68. The average Bonchev–Trinajstić information content (AvgIpc) is 2.48. The van der Waals surface area contributed by atoms with Crippen molar-refractivity contribution in [1.29, 1.82) is 0 Å². The van der Waals surface area contributed by atoms with Gasteiger partial charge < -0.3 is 5.32 Å². The van der Waals surface area contributed by atoms with Crippen molar-refractivity contribution < 1.29 is 0 Å². The standard InChI is InChI=1S/C18H26N2/c1-4-5-9-12-20-14-17(15(2)3)19-13-18(20)16-10-7-6-8-11-16/h1,6-8,10-11,15,17-19H,5,9,12-14H2,2-3H3. The van der Waals surface area contributed by atoms with Crippen LogP contribution in [0.1, 0.15) is 38.3 Å². The fourth-order valence-corrected chi connectivity index (χ4v) is 2.92. The smallest absolute Gasteiger partial charge is 0.0473 e. The molecule has 0 saturated carbocycles. The Bertz CT molecular complexity index is 432. The van der Waals surface area contributed by atoms with Crippen molar-refractivity contribution in [2.75, 3.05) is 19.6 Å². The zero-order valence-corrected chi connectivity index (χ0v) is 12.7. The van der Waals surface area contributed by atoms with Gasteiger partial charge in [-0.3, -0.25) is 4.90 Å². The van der Waals surface area contributed by atoms with Gasteiger partial charge >= 0.3 is 0 Å². The molecule has 0 amide bonds. The van der Waals surface area contributed by atoms with Crippen LogP contribution < -0.4 is 5.32 Å². The second-order valence-corrected chi connectivity index (χ2v) is 5.99. The number of benzene rings is 1. The van der Waals surface area contributed by atoms with E-state index < -0.39 is 0 Å². The van der Waals surface area contributed by atoms with E-state index in [-0.39, 0.29) is 0 Å². The molecule has 0 bridgehead atoms. The number of hydrogen-bond donors (Lipinski definition) is 1. The molecule has 1 aromatic carbocycles. The third-order valence-electron chi connectivity index (χ3n) is 4.20. The topological polar surface area (TPSA) is 15.3 Å². The molecule has 0 aromatic heterocycles. The number of hydrogen-bond acceptors (Lipinski definition) is 2. The number of unbranched alkanes of at least 4 members (excludes halogenated alkanes) is 1. The molecule has 0 radical (unpaired) electrons. The first kappa shape index (κ1) is 15.1. The van der Waals surface area contributed by atoms with Gasteiger partial charge in [-0.2, -0.15) is 0 Å². The highest BCUT2D eigenvalue weighted by Gasteiger charge is 2.29. The summed E-state index contributed by atoms with van der Waals surface area (Å²) in [7, 11) is 0. The minimum Gasteiger partial charge on any atom is -0.311 e. The van der Waals surface area contributed by atoms with E-state index in [1.807, 2.05) is 0 Å². The molecule has 1 aliphatic heterocycles. The van der Waals surface area contributed by atoms with Crippen LogP contribution in [0.2, 0.25) is 0 Å². The molecule has 2 nitrogen and oxygen atoms in total. The number of terminal acetylenes is 1. The van der Waals surface area contributed by atoms with Crippen LogP contribution in [0.15, 0.2) is 30.3 Å². The van der Waals surface area contributed by atoms with Gasteiger partial charge in [-0.05, 0) is 24.4 Å². The van der Waals surface area contributed by atoms with Gasteiger partial charge in [0.15, 0.2) is 0 Å². The summed E-state index contributed by atoms with van der Waals surface area (Å²) in [5, 5.41) is 3.71. The molecule has 2 rings (SSSR count). The molecule has 0 spiro atoms. The molecule has 2 unspecified atom stereocenters. The van der Waals surface area contributed by atoms with E-state index in [9.17, 15) is 0 Å². The zero-order chi connectivity index (χ0) is 14.4. The minimum absolute atomic E-state index is 0.476. The van der Waals surface area contributed by atoms with E-state index in [4.69, 9.17) is 6.42 Å². The second kappa shape index (κ2) is 7.47. The SMILES string of the molecule is C#CCCCN1CC(C(C)C)NCC1c1ccccc1. The molecular weight excluding hydrogens is 244 g/mol. The van der Waals surface area contributed by atoms with Crippen molar-refractivity contribution in [1.82, 2.24) is 10.2 Å². The number of rotatable bonds is 5. The van der Waals surface area contributed by atoms with Crippen molar-refractivity contribution in [3.8, 4) is 12.3 Å². The predicted molar refractivity (Wildman–Crippen MR) is 85.5 cm³/mol. The van der Waals surface area contributed by atoms with Gasteiger partial charge in [-0.15, -0.1) is 12.3 Å². The van der Waals surface area contributed by atoms with Crippen LogP contribution in [-0.4, -0.2) is 30.6 Å². The lowest BCUT2D eigenvalue weighted by atomic mass is 9.95. The van der Waals surface area contributed by atoms with E-state index in [2.05, 4.69) is 60.3 Å². The molecule has 1 aromatic rings. The maximum Gasteiger partial charge on any atom is 0.0473 e. The first-order valence-corrected chi connectivity index (χ1v) is 7.68. The molecule has 1 heterocycles. The molecular formula is C18H26N2. The Hall–Kier alpha value is -1.30. The van der Waals surface area contributed by atoms with Crippen LogP contribution in [0.25, 0.3) is 0 Å². The average molecular weight is 270 g/mol. The fraction of sp³-hybridized carbons (Fsp3) is 0.556. The third kappa shape index (κ3) is 3.85. The maximum absolute atomic E-state index is 5.38. The van der Waals surface area contributed by atoms with E-state index in [0.717, 1.165) is 32.5 Å². The third-order valence-corrected chi connectivity index (χ3v) is 4.20. The molecule has 1 fully saturated rings. The summed E-state index contributed by atoms with van der Waals surface area (Å²) in [6.45, 7) is 7.82. The zero-order valence-electron chi connectivity index (χ0n) is 12.7. The van der Waals surface area contributed by atoms with E-state index in [1.165, 1.54) is 5.56 Å². The lowest BCUT2D eigenvalue weighted by Crippen LogP contribution is -2.54. The van der Waals surface area contributed by atoms with E-state index in [1.54, 1.807) is 0 Å². The van der Waals surface area contributed by atoms with Gasteiger partial charge in [0.25, 0.3) is 0 Å². The quantitative estimate of drug-likeness (QED) is 0.653. The molecule has 1 aliphatic rings. The fourth-order valence-electron chi connectivity index (χ4n) is 2.92. The minimum atomic E-state index is 0.476. The highest BCUT2D eigenvalue weighted by atomic mass is 15.2. The lowest BCUT2D eigenvalue weighted by Gasteiger charge is -2.42. The Labute approximate surface area is 123 Å². The van der Waals surface area contributed by atoms with Crippen LogP contribution >= 0.6 is 0 Å². The summed E-state index contributed by atoms with van der Waals surface area (Å²) in [5.41, 5.74) is 1.41. The van der Waals surface area contributed by atoms with Gasteiger partial charge in [-0.25, -0.2) is 0 Å². The van der Waals surface area contributed by atoms with Gasteiger partial charge in [0.2, 0.25) is 0 Å². The number of piperazine rings is 1. The summed E-state index contributed by atoms with van der Waals surface area (Å²) in [6, 6.07) is 11.9. The van der Waals surface area contributed by atoms with E-state index >= 15 is 0 Å². The molecule has 108 valence electrons. The van der Waals surface area contributed by atoms with Gasteiger partial charge in [0.1, 0.15) is 0 Å². The van der Waals surface area contributed by atoms with E-state index in [0.29, 0.717) is 18.0 Å². The van der Waals surface area contributed by atoms with Crippen LogP contribution in [0, 0.1) is 18.3 Å². The van der Waals surface area contributed by atoms with Crippen molar-refractivity contribution >= 4 is 0 Å². The maximum atomic E-state index is 5.38. The lowest BCUT2D eigenvalue weighted by molar-refractivity contribution is 0.112. The number of nitrogens with one attached hydrogen (secondary N) is 1. The van der Waals surface area contributed by atoms with Crippen molar-refractivity contribution in [3.63, 3.8) is 0 Å². The molecule has 20 heavy (non-hydrogen) atoms. The summed E-state index contributed by atoms with van der Waals surface area (Å²) >= 11 is 0. The van der Waals surface area contributed by atoms with Crippen LogP contribution in [-0.2, 0) is 0 Å². The highest BCUT2D eigenvalue weighted by Crippen LogP contribution is 2.25. The summed E-state index contributed by atoms with van der Waals surface area (Å²) in [4.78, 5) is 2.60. The van der Waals surface area contributed by atoms with Crippen molar-refractivity contribution in [3.05, 3.63) is 35.9 Å². The molecule has 0 aliphatic carbocycles. The summed E-state index contributed by atoms with van der Waals surface area (Å²) in [5.74, 6) is 3.42. The monoisotopic (exact) mass is 270 g/mol. The molecule has 2 atom stereocenters. The van der Waals surface area contributed by atoms with Crippen LogP contribution in [0.4, 0.5) is 0 Å². The Kier molecular flexibility index (Phi) is 5.64. The highest BCUT2D eigenvalue weighted by molar-refractivity contribution is 5.20. The van der Waals surface area contributed by atoms with Gasteiger partial charge in [-0.1, -0.05) is 44.2 Å². The Morgan fingerprint density at radius 2 is 2.10 bits per heavy atom. The Morgan fingerprint density at radius 1 is 1.35 bits per heavy atom. The largest absolute Gasteiger partial charge is 0.311 e. The Morgan fingerprint density at radius 3 is 2.75 bits per heavy atom. The number of nitrogens with zero attached hydrogens (tertiary/aromatic N) is 1. The second-order valence-electron chi connectivity index (χ2n) is 5.99. The molecule has 1 N–H and O–H groups in total. The first-order chi connectivity index (χ1) is 9.72.